The predicted molar refractivity (Wildman–Crippen MR) is 114 cm³/mol. The first-order valence-electron chi connectivity index (χ1n) is 9.15. The SMILES string of the molecule is COc1cc(/C=N\NC(=O)Cc2ccc(N)cc2)ccc1OCc1ccccc1. The summed E-state index contributed by atoms with van der Waals surface area (Å²) in [5, 5.41) is 4.01. The molecule has 0 aliphatic heterocycles. The number of nitrogens with two attached hydrogens (primary N) is 1. The molecule has 0 aliphatic carbocycles. The molecule has 0 spiro atoms. The Kier molecular flexibility index (Phi) is 6.84. The van der Waals surface area contributed by atoms with E-state index < -0.39 is 0 Å². The zero-order valence-corrected chi connectivity index (χ0v) is 16.2. The van der Waals surface area contributed by atoms with Gasteiger partial charge in [0.2, 0.25) is 5.91 Å². The molecule has 0 radical (unpaired) electrons. The van der Waals surface area contributed by atoms with Gasteiger partial charge in [-0.15, -0.1) is 0 Å². The first-order chi connectivity index (χ1) is 14.1. The highest BCUT2D eigenvalue weighted by atomic mass is 16.5. The fourth-order valence-electron chi connectivity index (χ4n) is 2.66. The fourth-order valence-corrected chi connectivity index (χ4v) is 2.66. The second kappa shape index (κ2) is 9.94. The number of hydrogen-bond acceptors (Lipinski definition) is 5. The third-order valence-electron chi connectivity index (χ3n) is 4.17. The quantitative estimate of drug-likeness (QED) is 0.350. The number of carbonyl (C=O) groups excluding carboxylic acids is 1. The van der Waals surface area contributed by atoms with Crippen LogP contribution >= 0.6 is 0 Å². The second-order valence-electron chi connectivity index (χ2n) is 6.40. The summed E-state index contributed by atoms with van der Waals surface area (Å²) in [6.45, 7) is 0.450. The van der Waals surface area contributed by atoms with E-state index in [0.717, 1.165) is 16.7 Å². The molecule has 0 atom stereocenters. The van der Waals surface area contributed by atoms with Crippen LogP contribution in [0.25, 0.3) is 0 Å². The standard InChI is InChI=1S/C23H23N3O3/c1-28-22-13-19(9-12-21(22)29-16-18-5-3-2-4-6-18)15-25-26-23(27)14-17-7-10-20(24)11-8-17/h2-13,15H,14,16,24H2,1H3,(H,26,27)/b25-15-. The van der Waals surface area contributed by atoms with Gasteiger partial charge >= 0.3 is 0 Å². The predicted octanol–water partition coefficient (Wildman–Crippen LogP) is 3.55. The molecule has 29 heavy (non-hydrogen) atoms. The summed E-state index contributed by atoms with van der Waals surface area (Å²) in [5.74, 6) is 1.03. The van der Waals surface area contributed by atoms with E-state index in [-0.39, 0.29) is 12.3 Å². The monoisotopic (exact) mass is 389 g/mol. The Bertz CT molecular complexity index is 970. The van der Waals surface area contributed by atoms with Gasteiger partial charge in [0.25, 0.3) is 0 Å². The number of hydrogen-bond donors (Lipinski definition) is 2. The van der Waals surface area contributed by atoms with Crippen molar-refractivity contribution in [3.05, 3.63) is 89.5 Å². The van der Waals surface area contributed by atoms with Crippen molar-refractivity contribution in [1.29, 1.82) is 0 Å². The van der Waals surface area contributed by atoms with Gasteiger partial charge in [-0.3, -0.25) is 4.79 Å². The summed E-state index contributed by atoms with van der Waals surface area (Å²) >= 11 is 0. The largest absolute Gasteiger partial charge is 0.493 e. The Morgan fingerprint density at radius 3 is 2.48 bits per heavy atom. The minimum atomic E-state index is -0.208. The van der Waals surface area contributed by atoms with E-state index in [1.54, 1.807) is 31.5 Å². The van der Waals surface area contributed by atoms with Gasteiger partial charge in [0, 0.05) is 5.69 Å². The molecule has 3 rings (SSSR count). The number of rotatable bonds is 8. The molecule has 3 aromatic rings. The van der Waals surface area contributed by atoms with Gasteiger partial charge in [0.15, 0.2) is 11.5 Å². The summed E-state index contributed by atoms with van der Waals surface area (Å²) in [4.78, 5) is 12.0. The molecule has 0 heterocycles. The summed E-state index contributed by atoms with van der Waals surface area (Å²) in [6, 6.07) is 22.5. The molecule has 0 saturated heterocycles. The average molecular weight is 389 g/mol. The van der Waals surface area contributed by atoms with Crippen LogP contribution in [0.4, 0.5) is 5.69 Å². The Morgan fingerprint density at radius 2 is 1.76 bits per heavy atom. The fraction of sp³-hybridized carbons (Fsp3) is 0.130. The van der Waals surface area contributed by atoms with Crippen LogP contribution in [-0.2, 0) is 17.8 Å². The number of nitrogens with zero attached hydrogens (tertiary/aromatic N) is 1. The van der Waals surface area contributed by atoms with Crippen LogP contribution < -0.4 is 20.6 Å². The van der Waals surface area contributed by atoms with Crippen LogP contribution in [-0.4, -0.2) is 19.2 Å². The Hall–Kier alpha value is -3.80. The average Bonchev–Trinajstić information content (AvgIpc) is 2.75. The zero-order valence-electron chi connectivity index (χ0n) is 16.2. The maximum atomic E-state index is 12.0. The highest BCUT2D eigenvalue weighted by molar-refractivity contribution is 5.84. The molecule has 148 valence electrons. The molecule has 0 bridgehead atoms. The van der Waals surface area contributed by atoms with Crippen molar-refractivity contribution in [2.75, 3.05) is 12.8 Å². The van der Waals surface area contributed by atoms with Crippen LogP contribution in [0.1, 0.15) is 16.7 Å². The van der Waals surface area contributed by atoms with Crippen molar-refractivity contribution in [3.8, 4) is 11.5 Å². The molecule has 3 N–H and O–H groups in total. The molecule has 0 saturated carbocycles. The Labute approximate surface area is 170 Å². The number of hydrazone groups is 1. The third-order valence-corrected chi connectivity index (χ3v) is 4.17. The van der Waals surface area contributed by atoms with Crippen molar-refractivity contribution in [1.82, 2.24) is 5.43 Å². The number of methoxy groups -OCH3 is 1. The highest BCUT2D eigenvalue weighted by Gasteiger charge is 2.06. The first kappa shape index (κ1) is 19.9. The second-order valence-corrected chi connectivity index (χ2v) is 6.40. The van der Waals surface area contributed by atoms with Gasteiger partial charge in [-0.05, 0) is 47.0 Å². The van der Waals surface area contributed by atoms with Crippen LogP contribution in [0.15, 0.2) is 77.9 Å². The van der Waals surface area contributed by atoms with Gasteiger partial charge < -0.3 is 15.2 Å². The van der Waals surface area contributed by atoms with Gasteiger partial charge in [0.05, 0.1) is 19.7 Å². The minimum Gasteiger partial charge on any atom is -0.493 e. The normalized spacial score (nSPS) is 10.7. The van der Waals surface area contributed by atoms with Crippen molar-refractivity contribution < 1.29 is 14.3 Å². The maximum absolute atomic E-state index is 12.0. The Balaban J connectivity index is 1.56. The number of carbonyl (C=O) groups is 1. The van der Waals surface area contributed by atoms with E-state index in [2.05, 4.69) is 10.5 Å². The molecule has 0 aliphatic rings. The molecule has 0 unspecified atom stereocenters. The van der Waals surface area contributed by atoms with Crippen molar-refractivity contribution >= 4 is 17.8 Å². The number of amides is 1. The molecule has 6 heteroatoms. The first-order valence-corrected chi connectivity index (χ1v) is 9.15. The van der Waals surface area contributed by atoms with E-state index >= 15 is 0 Å². The molecule has 6 nitrogen and oxygen atoms in total. The molecular formula is C23H23N3O3. The summed E-state index contributed by atoms with van der Waals surface area (Å²) in [6.07, 6.45) is 1.79. The molecule has 0 fully saturated rings. The molecule has 1 amide bonds. The van der Waals surface area contributed by atoms with Gasteiger partial charge in [-0.1, -0.05) is 42.5 Å². The van der Waals surface area contributed by atoms with Crippen LogP contribution in [0.2, 0.25) is 0 Å². The summed E-state index contributed by atoms with van der Waals surface area (Å²) < 4.78 is 11.2. The van der Waals surface area contributed by atoms with Gasteiger partial charge in [-0.2, -0.15) is 5.10 Å². The Morgan fingerprint density at radius 1 is 1.00 bits per heavy atom. The number of nitrogen functional groups attached to an aromatic ring is 1. The minimum absolute atomic E-state index is 0.208. The van der Waals surface area contributed by atoms with Crippen molar-refractivity contribution in [2.24, 2.45) is 5.10 Å². The van der Waals surface area contributed by atoms with Crippen molar-refractivity contribution in [3.63, 3.8) is 0 Å². The van der Waals surface area contributed by atoms with Crippen LogP contribution in [0.5, 0.6) is 11.5 Å². The molecule has 0 aromatic heterocycles. The van der Waals surface area contributed by atoms with E-state index in [4.69, 9.17) is 15.2 Å². The van der Waals surface area contributed by atoms with Gasteiger partial charge in [0.1, 0.15) is 6.61 Å². The smallest absolute Gasteiger partial charge is 0.244 e. The van der Waals surface area contributed by atoms with E-state index in [1.165, 1.54) is 0 Å². The zero-order chi connectivity index (χ0) is 20.5. The molecular weight excluding hydrogens is 366 g/mol. The van der Waals surface area contributed by atoms with Gasteiger partial charge in [-0.25, -0.2) is 5.43 Å². The van der Waals surface area contributed by atoms with E-state index in [1.807, 2.05) is 54.6 Å². The lowest BCUT2D eigenvalue weighted by molar-refractivity contribution is -0.120. The summed E-state index contributed by atoms with van der Waals surface area (Å²) in [5.41, 5.74) is 11.5. The lowest BCUT2D eigenvalue weighted by Gasteiger charge is -2.11. The molecule has 3 aromatic carbocycles. The number of benzene rings is 3. The lowest BCUT2D eigenvalue weighted by Crippen LogP contribution is -2.19. The number of nitrogens with one attached hydrogen (secondary N) is 1. The number of ether oxygens (including phenoxy) is 2. The van der Waals surface area contributed by atoms with Crippen molar-refractivity contribution in [2.45, 2.75) is 13.0 Å². The summed E-state index contributed by atoms with van der Waals surface area (Å²) in [7, 11) is 1.58. The van der Waals surface area contributed by atoms with Crippen LogP contribution in [0, 0.1) is 0 Å². The topological polar surface area (TPSA) is 85.9 Å². The third kappa shape index (κ3) is 6.10. The number of anilines is 1. The maximum Gasteiger partial charge on any atom is 0.244 e. The van der Waals surface area contributed by atoms with E-state index in [9.17, 15) is 4.79 Å². The lowest BCUT2D eigenvalue weighted by atomic mass is 10.1. The van der Waals surface area contributed by atoms with E-state index in [0.29, 0.717) is 23.8 Å². The highest BCUT2D eigenvalue weighted by Crippen LogP contribution is 2.28. The van der Waals surface area contributed by atoms with Crippen LogP contribution in [0.3, 0.4) is 0 Å².